The molecule has 2 rings (SSSR count). The number of benzene rings is 1. The summed E-state index contributed by atoms with van der Waals surface area (Å²) in [6, 6.07) is 8.74. The highest BCUT2D eigenvalue weighted by Crippen LogP contribution is 2.16. The number of carbonyl (C=O) groups is 1. The highest BCUT2D eigenvalue weighted by atomic mass is 32.1. The van der Waals surface area contributed by atoms with Gasteiger partial charge in [0, 0.05) is 18.0 Å². The fourth-order valence-electron chi connectivity index (χ4n) is 2.21. The minimum Gasteiger partial charge on any atom is -0.355 e. The molecule has 3 nitrogen and oxygen atoms in total. The third-order valence-electron chi connectivity index (χ3n) is 3.47. The molecule has 118 valence electrons. The van der Waals surface area contributed by atoms with E-state index in [1.165, 1.54) is 16.5 Å². The number of aryl methyl sites for hydroxylation is 1. The van der Waals surface area contributed by atoms with Gasteiger partial charge >= 0.3 is 0 Å². The zero-order valence-corrected chi connectivity index (χ0v) is 13.8. The molecule has 5 heteroatoms. The highest BCUT2D eigenvalue weighted by Gasteiger charge is 2.09. The Balaban J connectivity index is 1.71. The van der Waals surface area contributed by atoms with Crippen molar-refractivity contribution >= 4 is 17.2 Å². The molecule has 0 unspecified atom stereocenters. The molecule has 1 amide bonds. The summed E-state index contributed by atoms with van der Waals surface area (Å²) in [6.07, 6.45) is 0.506. The predicted molar refractivity (Wildman–Crippen MR) is 88.5 cm³/mol. The number of rotatable bonds is 7. The molecule has 2 aromatic rings. The predicted octanol–water partition coefficient (Wildman–Crippen LogP) is 2.99. The van der Waals surface area contributed by atoms with Crippen LogP contribution in [0.5, 0.6) is 0 Å². The zero-order valence-electron chi connectivity index (χ0n) is 12.9. The summed E-state index contributed by atoms with van der Waals surface area (Å²) in [5.74, 6) is -0.255. The van der Waals surface area contributed by atoms with Crippen LogP contribution in [-0.4, -0.2) is 30.9 Å². The first-order valence-electron chi connectivity index (χ1n) is 7.28. The number of likely N-dealkylation sites (N-methyl/N-ethyl adjacent to an activating group) is 1. The van der Waals surface area contributed by atoms with Crippen LogP contribution in [0.2, 0.25) is 0 Å². The average Bonchev–Trinajstić information content (AvgIpc) is 2.86. The molecule has 0 saturated carbocycles. The number of carbonyl (C=O) groups excluding carboxylic acids is 1. The molecule has 0 atom stereocenters. The Morgan fingerprint density at radius 1 is 1.32 bits per heavy atom. The molecule has 1 N–H and O–H groups in total. The quantitative estimate of drug-likeness (QED) is 0.850. The number of hydrogen-bond acceptors (Lipinski definition) is 3. The first kappa shape index (κ1) is 16.6. The molecular formula is C17H21FN2OS. The number of amides is 1. The molecule has 1 aromatic carbocycles. The van der Waals surface area contributed by atoms with Crippen molar-refractivity contribution in [3.8, 4) is 0 Å². The standard InChI is InChI=1S/C17H21FN2OS/c1-13-8-10-22-16(13)11-20(2)12-17(21)19-9-7-14-5-3-4-6-15(14)18/h3-6,8,10H,7,9,11-12H2,1-2H3,(H,19,21). The molecule has 0 fully saturated rings. The monoisotopic (exact) mass is 320 g/mol. The van der Waals surface area contributed by atoms with E-state index in [-0.39, 0.29) is 11.7 Å². The molecule has 0 radical (unpaired) electrons. The summed E-state index contributed by atoms with van der Waals surface area (Å²) in [4.78, 5) is 15.2. The summed E-state index contributed by atoms with van der Waals surface area (Å²) in [6.45, 7) is 3.64. The first-order chi connectivity index (χ1) is 10.6. The Labute approximate surface area is 134 Å². The van der Waals surface area contributed by atoms with Crippen molar-refractivity contribution in [1.29, 1.82) is 0 Å². The summed E-state index contributed by atoms with van der Waals surface area (Å²) in [5, 5.41) is 4.90. The van der Waals surface area contributed by atoms with Crippen molar-refractivity contribution in [3.05, 3.63) is 57.5 Å². The fraction of sp³-hybridized carbons (Fsp3) is 0.353. The Kier molecular flexibility index (Phi) is 6.10. The molecule has 0 saturated heterocycles. The van der Waals surface area contributed by atoms with E-state index >= 15 is 0 Å². The van der Waals surface area contributed by atoms with Crippen molar-refractivity contribution in [2.75, 3.05) is 20.1 Å². The lowest BCUT2D eigenvalue weighted by molar-refractivity contribution is -0.122. The summed E-state index contributed by atoms with van der Waals surface area (Å²) in [5.41, 5.74) is 1.89. The van der Waals surface area contributed by atoms with E-state index in [0.717, 1.165) is 6.54 Å². The molecular weight excluding hydrogens is 299 g/mol. The van der Waals surface area contributed by atoms with Crippen LogP contribution in [0.3, 0.4) is 0 Å². The van der Waals surface area contributed by atoms with E-state index in [0.29, 0.717) is 25.1 Å². The van der Waals surface area contributed by atoms with Gasteiger partial charge in [0.25, 0.3) is 0 Å². The SMILES string of the molecule is Cc1ccsc1CN(C)CC(=O)NCCc1ccccc1F. The smallest absolute Gasteiger partial charge is 0.234 e. The van der Waals surface area contributed by atoms with Gasteiger partial charge in [-0.1, -0.05) is 18.2 Å². The second-order valence-electron chi connectivity index (χ2n) is 5.39. The Morgan fingerprint density at radius 2 is 2.09 bits per heavy atom. The minimum atomic E-state index is -0.220. The topological polar surface area (TPSA) is 32.3 Å². The van der Waals surface area contributed by atoms with Gasteiger partial charge in [0.15, 0.2) is 0 Å². The van der Waals surface area contributed by atoms with Crippen molar-refractivity contribution in [3.63, 3.8) is 0 Å². The van der Waals surface area contributed by atoms with Gasteiger partial charge in [0.1, 0.15) is 5.82 Å². The number of hydrogen-bond donors (Lipinski definition) is 1. The largest absolute Gasteiger partial charge is 0.355 e. The number of halogens is 1. The lowest BCUT2D eigenvalue weighted by Gasteiger charge is -2.16. The second-order valence-corrected chi connectivity index (χ2v) is 6.39. The molecule has 1 aromatic heterocycles. The van der Waals surface area contributed by atoms with Gasteiger partial charge in [-0.15, -0.1) is 11.3 Å². The molecule has 0 spiro atoms. The lowest BCUT2D eigenvalue weighted by Crippen LogP contribution is -2.35. The van der Waals surface area contributed by atoms with Crippen LogP contribution in [-0.2, 0) is 17.8 Å². The van der Waals surface area contributed by atoms with E-state index < -0.39 is 0 Å². The number of nitrogens with one attached hydrogen (secondary N) is 1. The van der Waals surface area contributed by atoms with Crippen LogP contribution >= 0.6 is 11.3 Å². The van der Waals surface area contributed by atoms with E-state index in [1.54, 1.807) is 29.5 Å². The van der Waals surface area contributed by atoms with Gasteiger partial charge in [-0.2, -0.15) is 0 Å². The average molecular weight is 320 g/mol. The van der Waals surface area contributed by atoms with Gasteiger partial charge in [-0.05, 0) is 49.0 Å². The summed E-state index contributed by atoms with van der Waals surface area (Å²) in [7, 11) is 1.93. The lowest BCUT2D eigenvalue weighted by atomic mass is 10.1. The minimum absolute atomic E-state index is 0.0342. The molecule has 1 heterocycles. The molecule has 0 aliphatic rings. The van der Waals surface area contributed by atoms with Crippen molar-refractivity contribution in [2.24, 2.45) is 0 Å². The summed E-state index contributed by atoms with van der Waals surface area (Å²) < 4.78 is 13.5. The van der Waals surface area contributed by atoms with E-state index in [4.69, 9.17) is 0 Å². The normalized spacial score (nSPS) is 10.9. The van der Waals surface area contributed by atoms with E-state index in [2.05, 4.69) is 23.7 Å². The highest BCUT2D eigenvalue weighted by molar-refractivity contribution is 7.10. The molecule has 0 aliphatic heterocycles. The summed E-state index contributed by atoms with van der Waals surface area (Å²) >= 11 is 1.71. The van der Waals surface area contributed by atoms with Crippen LogP contribution in [0.1, 0.15) is 16.0 Å². The van der Waals surface area contributed by atoms with Gasteiger partial charge in [-0.3, -0.25) is 9.69 Å². The van der Waals surface area contributed by atoms with E-state index in [1.807, 2.05) is 11.9 Å². The van der Waals surface area contributed by atoms with Gasteiger partial charge in [0.05, 0.1) is 6.54 Å². The van der Waals surface area contributed by atoms with E-state index in [9.17, 15) is 9.18 Å². The van der Waals surface area contributed by atoms with Crippen molar-refractivity contribution in [1.82, 2.24) is 10.2 Å². The van der Waals surface area contributed by atoms with Gasteiger partial charge in [-0.25, -0.2) is 4.39 Å². The van der Waals surface area contributed by atoms with Crippen LogP contribution < -0.4 is 5.32 Å². The fourth-order valence-corrected chi connectivity index (χ4v) is 3.19. The second kappa shape index (κ2) is 8.06. The third kappa shape index (κ3) is 4.93. The number of nitrogens with zero attached hydrogens (tertiary/aromatic N) is 1. The third-order valence-corrected chi connectivity index (χ3v) is 4.48. The molecule has 22 heavy (non-hydrogen) atoms. The van der Waals surface area contributed by atoms with Crippen molar-refractivity contribution < 1.29 is 9.18 Å². The van der Waals surface area contributed by atoms with Crippen LogP contribution in [0, 0.1) is 12.7 Å². The molecule has 0 bridgehead atoms. The van der Waals surface area contributed by atoms with Gasteiger partial charge < -0.3 is 5.32 Å². The number of thiophene rings is 1. The van der Waals surface area contributed by atoms with Crippen LogP contribution in [0.15, 0.2) is 35.7 Å². The maximum absolute atomic E-state index is 13.5. The van der Waals surface area contributed by atoms with Gasteiger partial charge in [0.2, 0.25) is 5.91 Å². The van der Waals surface area contributed by atoms with Crippen LogP contribution in [0.25, 0.3) is 0 Å². The first-order valence-corrected chi connectivity index (χ1v) is 8.16. The zero-order chi connectivity index (χ0) is 15.9. The maximum Gasteiger partial charge on any atom is 0.234 e. The maximum atomic E-state index is 13.5. The van der Waals surface area contributed by atoms with Crippen LogP contribution in [0.4, 0.5) is 4.39 Å². The Bertz CT molecular complexity index is 627. The van der Waals surface area contributed by atoms with Crippen molar-refractivity contribution in [2.45, 2.75) is 19.9 Å². The Morgan fingerprint density at radius 3 is 2.77 bits per heavy atom. The molecule has 0 aliphatic carbocycles. The Hall–Kier alpha value is -1.72.